The molecule has 2 aromatic heterocycles. The number of carbonyl (C=O) groups excluding carboxylic acids is 3. The van der Waals surface area contributed by atoms with Crippen LogP contribution in [0.25, 0.3) is 11.3 Å². The van der Waals surface area contributed by atoms with Gasteiger partial charge < -0.3 is 15.1 Å². The Labute approximate surface area is 190 Å². The Morgan fingerprint density at radius 3 is 2.53 bits per heavy atom. The van der Waals surface area contributed by atoms with Crippen LogP contribution < -0.4 is 5.32 Å². The van der Waals surface area contributed by atoms with E-state index < -0.39 is 17.9 Å². The zero-order valence-corrected chi connectivity index (χ0v) is 18.7. The van der Waals surface area contributed by atoms with Crippen LogP contribution in [-0.2, 0) is 9.59 Å². The molecule has 3 amide bonds. The van der Waals surface area contributed by atoms with Crippen molar-refractivity contribution < 1.29 is 18.8 Å². The minimum atomic E-state index is -0.843. The summed E-state index contributed by atoms with van der Waals surface area (Å²) in [6.07, 6.45) is 1.24. The highest BCUT2D eigenvalue weighted by molar-refractivity contribution is 6.29. The van der Waals surface area contributed by atoms with Crippen LogP contribution in [0, 0.1) is 5.95 Å². The molecule has 2 aromatic rings. The van der Waals surface area contributed by atoms with Crippen LogP contribution in [0.5, 0.6) is 0 Å². The Morgan fingerprint density at radius 1 is 1.19 bits per heavy atom. The smallest absolute Gasteiger partial charge is 0.269 e. The van der Waals surface area contributed by atoms with Crippen LogP contribution in [-0.4, -0.2) is 63.7 Å². The van der Waals surface area contributed by atoms with Gasteiger partial charge in [0.15, 0.2) is 0 Å². The highest BCUT2D eigenvalue weighted by Crippen LogP contribution is 2.32. The van der Waals surface area contributed by atoms with Crippen LogP contribution in [0.4, 0.5) is 4.39 Å². The molecule has 3 heterocycles. The van der Waals surface area contributed by atoms with E-state index in [1.54, 1.807) is 21.9 Å². The second-order valence-electron chi connectivity index (χ2n) is 7.48. The normalized spacial score (nSPS) is 18.3. The van der Waals surface area contributed by atoms with Crippen LogP contribution in [0.3, 0.4) is 0 Å². The third-order valence-electron chi connectivity index (χ3n) is 5.35. The highest BCUT2D eigenvalue weighted by atomic mass is 35.5. The Balaban J connectivity index is 2.08. The molecule has 1 saturated heterocycles. The van der Waals surface area contributed by atoms with Crippen LogP contribution >= 0.6 is 11.6 Å². The van der Waals surface area contributed by atoms with E-state index >= 15 is 0 Å². The van der Waals surface area contributed by atoms with Crippen molar-refractivity contribution in [1.82, 2.24) is 25.1 Å². The predicted molar refractivity (Wildman–Crippen MR) is 117 cm³/mol. The molecule has 3 rings (SSSR count). The number of amides is 3. The number of halogens is 2. The molecule has 10 heteroatoms. The van der Waals surface area contributed by atoms with E-state index in [-0.39, 0.29) is 35.2 Å². The van der Waals surface area contributed by atoms with Gasteiger partial charge in [0.2, 0.25) is 17.8 Å². The first-order valence-corrected chi connectivity index (χ1v) is 10.3. The zero-order valence-electron chi connectivity index (χ0n) is 17.9. The van der Waals surface area contributed by atoms with E-state index in [1.807, 2.05) is 6.92 Å². The van der Waals surface area contributed by atoms with Crippen molar-refractivity contribution in [1.29, 1.82) is 0 Å². The van der Waals surface area contributed by atoms with Crippen molar-refractivity contribution in [3.05, 3.63) is 59.3 Å². The van der Waals surface area contributed by atoms with Gasteiger partial charge in [0.25, 0.3) is 5.91 Å². The number of pyridine rings is 2. The van der Waals surface area contributed by atoms with Crippen molar-refractivity contribution in [3.63, 3.8) is 0 Å². The zero-order chi connectivity index (χ0) is 23.6. The molecule has 0 radical (unpaired) electrons. The van der Waals surface area contributed by atoms with E-state index in [1.165, 1.54) is 26.1 Å². The van der Waals surface area contributed by atoms with Gasteiger partial charge in [0, 0.05) is 44.7 Å². The fourth-order valence-electron chi connectivity index (χ4n) is 3.78. The fraction of sp³-hybridized carbons (Fsp3) is 0.318. The maximum atomic E-state index is 14.1. The Kier molecular flexibility index (Phi) is 6.88. The highest BCUT2D eigenvalue weighted by Gasteiger charge is 2.36. The largest absolute Gasteiger partial charge is 0.354 e. The van der Waals surface area contributed by atoms with Gasteiger partial charge in [0.05, 0.1) is 11.7 Å². The molecule has 0 saturated carbocycles. The van der Waals surface area contributed by atoms with Gasteiger partial charge >= 0.3 is 0 Å². The number of hydrogen-bond donors (Lipinski definition) is 1. The number of carbonyl (C=O) groups is 3. The molecule has 1 fully saturated rings. The number of hydrogen-bond acceptors (Lipinski definition) is 5. The lowest BCUT2D eigenvalue weighted by Crippen LogP contribution is -2.56. The van der Waals surface area contributed by atoms with E-state index in [2.05, 4.69) is 21.9 Å². The van der Waals surface area contributed by atoms with Gasteiger partial charge in [-0.25, -0.2) is 9.97 Å². The number of piperazine rings is 1. The lowest BCUT2D eigenvalue weighted by atomic mass is 9.98. The van der Waals surface area contributed by atoms with Crippen molar-refractivity contribution in [3.8, 4) is 11.3 Å². The molecule has 2 unspecified atom stereocenters. The third kappa shape index (κ3) is 4.77. The Morgan fingerprint density at radius 2 is 1.91 bits per heavy atom. The van der Waals surface area contributed by atoms with E-state index in [0.29, 0.717) is 23.4 Å². The summed E-state index contributed by atoms with van der Waals surface area (Å²) in [7, 11) is 1.42. The molecule has 0 spiro atoms. The summed E-state index contributed by atoms with van der Waals surface area (Å²) >= 11 is 6.27. The van der Waals surface area contributed by atoms with E-state index in [9.17, 15) is 18.8 Å². The van der Waals surface area contributed by atoms with Gasteiger partial charge in [0.1, 0.15) is 10.8 Å². The first-order chi connectivity index (χ1) is 15.1. The van der Waals surface area contributed by atoms with Gasteiger partial charge in [-0.3, -0.25) is 14.4 Å². The molecular formula is C22H23ClFN5O3. The summed E-state index contributed by atoms with van der Waals surface area (Å²) in [5, 5.41) is 2.53. The van der Waals surface area contributed by atoms with E-state index in [0.717, 1.165) is 6.07 Å². The summed E-state index contributed by atoms with van der Waals surface area (Å²) in [5.41, 5.74) is 1.13. The van der Waals surface area contributed by atoms with Crippen LogP contribution in [0.1, 0.15) is 35.9 Å². The maximum Gasteiger partial charge on any atom is 0.269 e. The van der Waals surface area contributed by atoms with Crippen molar-refractivity contribution in [2.24, 2.45) is 0 Å². The van der Waals surface area contributed by atoms with Gasteiger partial charge in [-0.15, -0.1) is 0 Å². The molecule has 0 aromatic carbocycles. The monoisotopic (exact) mass is 459 g/mol. The minimum Gasteiger partial charge on any atom is -0.354 e. The Bertz CT molecular complexity index is 1090. The minimum absolute atomic E-state index is 0.106. The maximum absolute atomic E-state index is 14.1. The number of aromatic nitrogens is 2. The quantitative estimate of drug-likeness (QED) is 0.560. The average molecular weight is 460 g/mol. The lowest BCUT2D eigenvalue weighted by Gasteiger charge is -2.45. The molecular weight excluding hydrogens is 437 g/mol. The summed E-state index contributed by atoms with van der Waals surface area (Å²) in [6, 6.07) is 5.15. The summed E-state index contributed by atoms with van der Waals surface area (Å²) in [5.74, 6) is -1.78. The number of rotatable bonds is 4. The fourth-order valence-corrected chi connectivity index (χ4v) is 4.00. The standard InChI is InChI=1S/C22H23ClFN5O3/c1-5-21(31)28-11-18(29(13(3)30)10-12(28)2)15-7-16(26-19(23)8-15)14-6-17(22(32)25-4)27-20(24)9-14/h5-9,12,18H,1,10-11H2,2-4H3,(H,25,32). The second-order valence-corrected chi connectivity index (χ2v) is 7.87. The molecule has 1 aliphatic heterocycles. The topological polar surface area (TPSA) is 95.5 Å². The molecule has 32 heavy (non-hydrogen) atoms. The molecule has 2 atom stereocenters. The third-order valence-corrected chi connectivity index (χ3v) is 5.55. The number of nitrogens with zero attached hydrogens (tertiary/aromatic N) is 4. The first-order valence-electron chi connectivity index (χ1n) is 9.92. The molecule has 1 aliphatic rings. The van der Waals surface area contributed by atoms with Crippen molar-refractivity contribution in [2.45, 2.75) is 25.9 Å². The molecule has 168 valence electrons. The van der Waals surface area contributed by atoms with Gasteiger partial charge in [-0.1, -0.05) is 18.2 Å². The lowest BCUT2D eigenvalue weighted by molar-refractivity contribution is -0.142. The van der Waals surface area contributed by atoms with Crippen LogP contribution in [0.2, 0.25) is 5.15 Å². The van der Waals surface area contributed by atoms with Crippen LogP contribution in [0.15, 0.2) is 36.9 Å². The molecule has 1 N–H and O–H groups in total. The predicted octanol–water partition coefficient (Wildman–Crippen LogP) is 2.60. The summed E-state index contributed by atoms with van der Waals surface area (Å²) in [4.78, 5) is 47.8. The number of nitrogens with one attached hydrogen (secondary N) is 1. The average Bonchev–Trinajstić information content (AvgIpc) is 2.76. The SMILES string of the molecule is C=CC(=O)N1CC(c2cc(Cl)nc(-c3cc(F)nc(C(=O)NC)c3)c2)N(C(C)=O)CC1C. The molecule has 0 aliphatic carbocycles. The van der Waals surface area contributed by atoms with Gasteiger partial charge in [-0.2, -0.15) is 4.39 Å². The van der Waals surface area contributed by atoms with Crippen molar-refractivity contribution in [2.75, 3.05) is 20.1 Å². The van der Waals surface area contributed by atoms with E-state index in [4.69, 9.17) is 11.6 Å². The molecule has 0 bridgehead atoms. The second kappa shape index (κ2) is 9.44. The molecule has 8 nitrogen and oxygen atoms in total. The van der Waals surface area contributed by atoms with Gasteiger partial charge in [-0.05, 0) is 36.8 Å². The summed E-state index contributed by atoms with van der Waals surface area (Å²) in [6.45, 7) is 7.44. The Hall–Kier alpha value is -3.33. The summed E-state index contributed by atoms with van der Waals surface area (Å²) < 4.78 is 14.1. The van der Waals surface area contributed by atoms with Crippen molar-refractivity contribution >= 4 is 29.3 Å². The first kappa shape index (κ1) is 23.3.